The Bertz CT molecular complexity index is 145. The Morgan fingerprint density at radius 3 is 2.31 bits per heavy atom. The molecule has 1 heteroatoms. The maximum atomic E-state index is 6.24. The van der Waals surface area contributed by atoms with Crippen LogP contribution >= 0.6 is 0 Å². The lowest BCUT2D eigenvalue weighted by Crippen LogP contribution is -2.38. The molecule has 0 aromatic heterocycles. The standard InChI is InChI=1S/C12H25N/c1-4-12(2,3)11(13)9-10-7-5-6-8-10/h10-11H,4-9,13H2,1-3H3. The first-order chi connectivity index (χ1) is 6.06. The Morgan fingerprint density at radius 2 is 1.85 bits per heavy atom. The highest BCUT2D eigenvalue weighted by Crippen LogP contribution is 2.33. The van der Waals surface area contributed by atoms with Crippen molar-refractivity contribution in [3.63, 3.8) is 0 Å². The number of hydrogen-bond acceptors (Lipinski definition) is 1. The quantitative estimate of drug-likeness (QED) is 0.711. The summed E-state index contributed by atoms with van der Waals surface area (Å²) in [5.41, 5.74) is 6.58. The summed E-state index contributed by atoms with van der Waals surface area (Å²) in [6.07, 6.45) is 8.16. The zero-order valence-electron chi connectivity index (χ0n) is 9.47. The predicted octanol–water partition coefficient (Wildman–Crippen LogP) is 3.33. The molecule has 0 aliphatic heterocycles. The third-order valence-electron chi connectivity index (χ3n) is 3.98. The average Bonchev–Trinajstić information content (AvgIpc) is 2.57. The van der Waals surface area contributed by atoms with E-state index in [-0.39, 0.29) is 0 Å². The van der Waals surface area contributed by atoms with Gasteiger partial charge in [0.25, 0.3) is 0 Å². The molecule has 2 N–H and O–H groups in total. The summed E-state index contributed by atoms with van der Waals surface area (Å²) in [5.74, 6) is 0.931. The highest BCUT2D eigenvalue weighted by molar-refractivity contribution is 4.83. The molecule has 1 fully saturated rings. The van der Waals surface area contributed by atoms with Crippen molar-refractivity contribution in [3.8, 4) is 0 Å². The van der Waals surface area contributed by atoms with E-state index in [1.54, 1.807) is 0 Å². The van der Waals surface area contributed by atoms with Gasteiger partial charge < -0.3 is 5.73 Å². The average molecular weight is 183 g/mol. The van der Waals surface area contributed by atoms with Crippen LogP contribution in [0.5, 0.6) is 0 Å². The zero-order valence-corrected chi connectivity index (χ0v) is 9.47. The van der Waals surface area contributed by atoms with Crippen LogP contribution in [0.3, 0.4) is 0 Å². The van der Waals surface area contributed by atoms with E-state index in [4.69, 9.17) is 5.73 Å². The molecular weight excluding hydrogens is 158 g/mol. The van der Waals surface area contributed by atoms with Crippen molar-refractivity contribution in [3.05, 3.63) is 0 Å². The van der Waals surface area contributed by atoms with E-state index in [9.17, 15) is 0 Å². The molecule has 1 rings (SSSR count). The topological polar surface area (TPSA) is 26.0 Å². The number of hydrogen-bond donors (Lipinski definition) is 1. The van der Waals surface area contributed by atoms with E-state index in [0.29, 0.717) is 11.5 Å². The van der Waals surface area contributed by atoms with Crippen LogP contribution in [-0.4, -0.2) is 6.04 Å². The van der Waals surface area contributed by atoms with Crippen LogP contribution in [0.4, 0.5) is 0 Å². The maximum Gasteiger partial charge on any atom is 0.00928 e. The Balaban J connectivity index is 2.34. The van der Waals surface area contributed by atoms with E-state index in [1.807, 2.05) is 0 Å². The Labute approximate surface area is 83.1 Å². The van der Waals surface area contributed by atoms with Crippen molar-refractivity contribution in [2.75, 3.05) is 0 Å². The van der Waals surface area contributed by atoms with Gasteiger partial charge in [-0.05, 0) is 24.2 Å². The minimum absolute atomic E-state index is 0.336. The van der Waals surface area contributed by atoms with Gasteiger partial charge in [0, 0.05) is 6.04 Å². The molecule has 1 atom stereocenters. The van der Waals surface area contributed by atoms with Gasteiger partial charge in [-0.3, -0.25) is 0 Å². The van der Waals surface area contributed by atoms with Gasteiger partial charge in [0.05, 0.1) is 0 Å². The fourth-order valence-corrected chi connectivity index (χ4v) is 2.19. The van der Waals surface area contributed by atoms with Crippen LogP contribution in [0, 0.1) is 11.3 Å². The molecule has 1 unspecified atom stereocenters. The van der Waals surface area contributed by atoms with E-state index in [2.05, 4.69) is 20.8 Å². The van der Waals surface area contributed by atoms with Gasteiger partial charge in [0.1, 0.15) is 0 Å². The van der Waals surface area contributed by atoms with Crippen LogP contribution in [0.2, 0.25) is 0 Å². The summed E-state index contributed by atoms with van der Waals surface area (Å²) < 4.78 is 0. The summed E-state index contributed by atoms with van der Waals surface area (Å²) in [5, 5.41) is 0. The molecule has 1 saturated carbocycles. The second-order valence-electron chi connectivity index (χ2n) is 5.33. The highest BCUT2D eigenvalue weighted by Gasteiger charge is 2.27. The summed E-state index contributed by atoms with van der Waals surface area (Å²) in [6, 6.07) is 0.403. The second-order valence-corrected chi connectivity index (χ2v) is 5.33. The lowest BCUT2D eigenvalue weighted by molar-refractivity contribution is 0.236. The molecular formula is C12H25N. The molecule has 1 aliphatic rings. The molecule has 0 bridgehead atoms. The smallest absolute Gasteiger partial charge is 0.00928 e. The van der Waals surface area contributed by atoms with Gasteiger partial charge in [-0.2, -0.15) is 0 Å². The van der Waals surface area contributed by atoms with Crippen LogP contribution in [0.15, 0.2) is 0 Å². The Kier molecular flexibility index (Phi) is 3.78. The molecule has 0 saturated heterocycles. The minimum Gasteiger partial charge on any atom is -0.327 e. The minimum atomic E-state index is 0.336. The summed E-state index contributed by atoms with van der Waals surface area (Å²) in [4.78, 5) is 0. The van der Waals surface area contributed by atoms with Gasteiger partial charge in [-0.15, -0.1) is 0 Å². The monoisotopic (exact) mass is 183 g/mol. The van der Waals surface area contributed by atoms with Gasteiger partial charge in [0.15, 0.2) is 0 Å². The molecule has 1 nitrogen and oxygen atoms in total. The van der Waals surface area contributed by atoms with E-state index in [0.717, 1.165) is 5.92 Å². The van der Waals surface area contributed by atoms with E-state index in [1.165, 1.54) is 38.5 Å². The summed E-state index contributed by atoms with van der Waals surface area (Å²) in [7, 11) is 0. The first-order valence-corrected chi connectivity index (χ1v) is 5.82. The number of nitrogens with two attached hydrogens (primary N) is 1. The molecule has 0 spiro atoms. The lowest BCUT2D eigenvalue weighted by Gasteiger charge is -2.32. The fourth-order valence-electron chi connectivity index (χ4n) is 2.19. The van der Waals surface area contributed by atoms with Gasteiger partial charge in [0.2, 0.25) is 0 Å². The highest BCUT2D eigenvalue weighted by atomic mass is 14.7. The largest absolute Gasteiger partial charge is 0.327 e. The maximum absolute atomic E-state index is 6.24. The molecule has 0 radical (unpaired) electrons. The van der Waals surface area contributed by atoms with Crippen molar-refractivity contribution in [2.24, 2.45) is 17.1 Å². The molecule has 0 aromatic carbocycles. The summed E-state index contributed by atoms with van der Waals surface area (Å²) in [6.45, 7) is 6.84. The van der Waals surface area contributed by atoms with Crippen LogP contribution in [0.1, 0.15) is 59.3 Å². The third-order valence-corrected chi connectivity index (χ3v) is 3.98. The predicted molar refractivity (Wildman–Crippen MR) is 58.6 cm³/mol. The van der Waals surface area contributed by atoms with Crippen molar-refractivity contribution >= 4 is 0 Å². The molecule has 78 valence electrons. The first-order valence-electron chi connectivity index (χ1n) is 5.82. The molecule has 1 aliphatic carbocycles. The van der Waals surface area contributed by atoms with E-state index < -0.39 is 0 Å². The molecule has 13 heavy (non-hydrogen) atoms. The van der Waals surface area contributed by atoms with Crippen molar-refractivity contribution in [2.45, 2.75) is 65.3 Å². The third kappa shape index (κ3) is 2.98. The summed E-state index contributed by atoms with van der Waals surface area (Å²) >= 11 is 0. The van der Waals surface area contributed by atoms with Gasteiger partial charge in [-0.25, -0.2) is 0 Å². The fraction of sp³-hybridized carbons (Fsp3) is 1.00. The van der Waals surface area contributed by atoms with Crippen molar-refractivity contribution < 1.29 is 0 Å². The van der Waals surface area contributed by atoms with Crippen molar-refractivity contribution in [1.29, 1.82) is 0 Å². The normalized spacial score (nSPS) is 22.2. The lowest BCUT2D eigenvalue weighted by atomic mass is 9.78. The molecule has 0 amide bonds. The van der Waals surface area contributed by atoms with Gasteiger partial charge in [-0.1, -0.05) is 46.5 Å². The van der Waals surface area contributed by atoms with Crippen LogP contribution in [-0.2, 0) is 0 Å². The SMILES string of the molecule is CCC(C)(C)C(N)CC1CCCC1. The van der Waals surface area contributed by atoms with Crippen LogP contribution < -0.4 is 5.73 Å². The Hall–Kier alpha value is -0.0400. The van der Waals surface area contributed by atoms with E-state index >= 15 is 0 Å². The first kappa shape index (κ1) is 11.0. The van der Waals surface area contributed by atoms with Gasteiger partial charge >= 0.3 is 0 Å². The molecule has 0 aromatic rings. The van der Waals surface area contributed by atoms with Crippen molar-refractivity contribution in [1.82, 2.24) is 0 Å². The second kappa shape index (κ2) is 4.45. The van der Waals surface area contributed by atoms with Crippen LogP contribution in [0.25, 0.3) is 0 Å². The zero-order chi connectivity index (χ0) is 9.90. The number of rotatable bonds is 4. The Morgan fingerprint density at radius 1 is 1.31 bits per heavy atom. The molecule has 0 heterocycles.